The molecule has 10 nitrogen and oxygen atoms in total. The van der Waals surface area contributed by atoms with Crippen LogP contribution in [0.1, 0.15) is 26.7 Å². The van der Waals surface area contributed by atoms with Crippen LogP contribution in [0.4, 0.5) is 10.8 Å². The molecule has 272 valence electrons. The highest BCUT2D eigenvalue weighted by molar-refractivity contribution is 8.00. The predicted octanol–water partition coefficient (Wildman–Crippen LogP) is 8.72. The van der Waals surface area contributed by atoms with Crippen LogP contribution in [-0.2, 0) is 9.59 Å². The van der Waals surface area contributed by atoms with Crippen LogP contribution in [-0.4, -0.2) is 44.0 Å². The highest BCUT2D eigenvalue weighted by Crippen LogP contribution is 2.38. The SMILES string of the molecule is COc1ccc(-c2csc(NC(=O)C(Sc3cccc(NC(=O)/C(=C\c4cc(OC)ccc4OC)NC(=O)c4ccccc4)c3)c3ccccc3)n2)cc1. The van der Waals surface area contributed by atoms with Crippen LogP contribution in [0.25, 0.3) is 17.3 Å². The number of ether oxygens (including phenoxy) is 3. The number of thiazole rings is 1. The Bertz CT molecular complexity index is 2260. The number of hydrogen-bond acceptors (Lipinski definition) is 9. The van der Waals surface area contributed by atoms with Crippen molar-refractivity contribution in [3.63, 3.8) is 0 Å². The van der Waals surface area contributed by atoms with Gasteiger partial charge in [-0.2, -0.15) is 0 Å². The summed E-state index contributed by atoms with van der Waals surface area (Å²) < 4.78 is 16.2. The lowest BCUT2D eigenvalue weighted by Crippen LogP contribution is -2.30. The Morgan fingerprint density at radius 2 is 1.44 bits per heavy atom. The number of benzene rings is 5. The molecule has 0 spiro atoms. The van der Waals surface area contributed by atoms with Crippen LogP contribution in [0.2, 0.25) is 0 Å². The van der Waals surface area contributed by atoms with E-state index >= 15 is 0 Å². The van der Waals surface area contributed by atoms with E-state index in [1.807, 2.05) is 66.0 Å². The number of amides is 3. The number of methoxy groups -OCH3 is 3. The summed E-state index contributed by atoms with van der Waals surface area (Å²) in [4.78, 5) is 46.4. The molecule has 0 fully saturated rings. The lowest BCUT2D eigenvalue weighted by molar-refractivity contribution is -0.116. The van der Waals surface area contributed by atoms with Crippen LogP contribution in [0.5, 0.6) is 17.2 Å². The first-order valence-electron chi connectivity index (χ1n) is 16.7. The smallest absolute Gasteiger partial charge is 0.272 e. The number of thioether (sulfide) groups is 1. The zero-order valence-corrected chi connectivity index (χ0v) is 31.2. The van der Waals surface area contributed by atoms with Crippen molar-refractivity contribution in [3.8, 4) is 28.5 Å². The van der Waals surface area contributed by atoms with Crippen molar-refractivity contribution in [3.05, 3.63) is 155 Å². The van der Waals surface area contributed by atoms with E-state index in [0.29, 0.717) is 33.4 Å². The monoisotopic (exact) mass is 756 g/mol. The number of rotatable bonds is 14. The fourth-order valence-corrected chi connectivity index (χ4v) is 7.14. The number of nitrogens with one attached hydrogen (secondary N) is 3. The quantitative estimate of drug-likeness (QED) is 0.0744. The summed E-state index contributed by atoms with van der Waals surface area (Å²) >= 11 is 2.67. The third-order valence-corrected chi connectivity index (χ3v) is 10.1. The Morgan fingerprint density at radius 3 is 2.15 bits per heavy atom. The lowest BCUT2D eigenvalue weighted by Gasteiger charge is -2.17. The molecule has 1 aromatic heterocycles. The first kappa shape index (κ1) is 37.4. The molecule has 0 saturated carbocycles. The summed E-state index contributed by atoms with van der Waals surface area (Å²) in [5.74, 6) is 0.488. The maximum Gasteiger partial charge on any atom is 0.272 e. The van der Waals surface area contributed by atoms with E-state index < -0.39 is 17.1 Å². The second kappa shape index (κ2) is 17.9. The molecule has 1 unspecified atom stereocenters. The topological polar surface area (TPSA) is 128 Å². The summed E-state index contributed by atoms with van der Waals surface area (Å²) in [6.07, 6.45) is 1.53. The van der Waals surface area contributed by atoms with E-state index in [4.69, 9.17) is 14.2 Å². The fourth-order valence-electron chi connectivity index (χ4n) is 5.33. The van der Waals surface area contributed by atoms with E-state index in [9.17, 15) is 14.4 Å². The molecule has 1 atom stereocenters. The summed E-state index contributed by atoms with van der Waals surface area (Å²) in [5.41, 5.74) is 3.78. The van der Waals surface area contributed by atoms with Gasteiger partial charge in [-0.3, -0.25) is 14.4 Å². The van der Waals surface area contributed by atoms with Crippen LogP contribution in [0.3, 0.4) is 0 Å². The van der Waals surface area contributed by atoms with Crippen LogP contribution in [0, 0.1) is 0 Å². The summed E-state index contributed by atoms with van der Waals surface area (Å²) in [5, 5.41) is 10.4. The molecule has 3 amide bonds. The molecule has 0 aliphatic rings. The number of carbonyl (C=O) groups excluding carboxylic acids is 3. The third-order valence-electron chi connectivity index (χ3n) is 8.07. The highest BCUT2D eigenvalue weighted by atomic mass is 32.2. The minimum absolute atomic E-state index is 0.0209. The van der Waals surface area contributed by atoms with Crippen LogP contribution in [0.15, 0.2) is 143 Å². The molecule has 0 aliphatic heterocycles. The van der Waals surface area contributed by atoms with Crippen LogP contribution < -0.4 is 30.2 Å². The Labute approximate surface area is 321 Å². The maximum absolute atomic E-state index is 13.9. The molecule has 12 heteroatoms. The van der Waals surface area contributed by atoms with Gasteiger partial charge in [-0.1, -0.05) is 54.6 Å². The average Bonchev–Trinajstić information content (AvgIpc) is 3.68. The zero-order chi connectivity index (χ0) is 37.9. The van der Waals surface area contributed by atoms with Gasteiger partial charge in [0.05, 0.1) is 27.0 Å². The van der Waals surface area contributed by atoms with Gasteiger partial charge in [0.2, 0.25) is 5.91 Å². The van der Waals surface area contributed by atoms with Gasteiger partial charge < -0.3 is 30.2 Å². The van der Waals surface area contributed by atoms with E-state index in [-0.39, 0.29) is 11.6 Å². The van der Waals surface area contributed by atoms with E-state index in [0.717, 1.165) is 27.5 Å². The van der Waals surface area contributed by atoms with Crippen molar-refractivity contribution in [2.24, 2.45) is 0 Å². The molecule has 3 N–H and O–H groups in total. The van der Waals surface area contributed by atoms with Crippen molar-refractivity contribution in [1.82, 2.24) is 10.3 Å². The molecular weight excluding hydrogens is 721 g/mol. The van der Waals surface area contributed by atoms with Gasteiger partial charge in [0.15, 0.2) is 5.13 Å². The van der Waals surface area contributed by atoms with E-state index in [2.05, 4.69) is 20.9 Å². The van der Waals surface area contributed by atoms with Crippen molar-refractivity contribution < 1.29 is 28.6 Å². The first-order chi connectivity index (χ1) is 26.3. The molecule has 0 radical (unpaired) electrons. The Morgan fingerprint density at radius 1 is 0.741 bits per heavy atom. The first-order valence-corrected chi connectivity index (χ1v) is 18.4. The van der Waals surface area contributed by atoms with Gasteiger partial charge in [-0.15, -0.1) is 23.1 Å². The lowest BCUT2D eigenvalue weighted by atomic mass is 10.1. The van der Waals surface area contributed by atoms with Gasteiger partial charge in [0.25, 0.3) is 11.8 Å². The molecule has 0 aliphatic carbocycles. The molecule has 1 heterocycles. The Kier molecular flexibility index (Phi) is 12.4. The number of aromatic nitrogens is 1. The van der Waals surface area contributed by atoms with E-state index in [1.54, 1.807) is 73.8 Å². The molecule has 0 saturated heterocycles. The molecule has 6 aromatic rings. The van der Waals surface area contributed by atoms with Gasteiger partial charge in [0.1, 0.15) is 28.2 Å². The number of carbonyl (C=O) groups is 3. The number of hydrogen-bond donors (Lipinski definition) is 3. The average molecular weight is 757 g/mol. The van der Waals surface area contributed by atoms with Crippen molar-refractivity contribution in [1.29, 1.82) is 0 Å². The largest absolute Gasteiger partial charge is 0.497 e. The standard InChI is InChI=1S/C42H36N4O6S2/c1-50-32-19-17-27(18-20-32)36-26-53-42(45-36)46-41(49)38(28-11-6-4-7-12-28)54-34-16-10-15-31(25-34)43-40(48)35(44-39(47)29-13-8-5-9-14-29)24-30-23-33(51-2)21-22-37(30)52-3/h4-26,38H,1-3H3,(H,43,48)(H,44,47)(H,45,46,49)/b35-24+. The summed E-state index contributed by atoms with van der Waals surface area (Å²) in [6, 6.07) is 37.9. The van der Waals surface area contributed by atoms with E-state index in [1.165, 1.54) is 43.4 Å². The molecular formula is C42H36N4O6S2. The van der Waals surface area contributed by atoms with Gasteiger partial charge >= 0.3 is 0 Å². The zero-order valence-electron chi connectivity index (χ0n) is 29.6. The minimum Gasteiger partial charge on any atom is -0.497 e. The normalized spacial score (nSPS) is 11.6. The maximum atomic E-state index is 13.9. The summed E-state index contributed by atoms with van der Waals surface area (Å²) in [7, 11) is 4.67. The molecule has 54 heavy (non-hydrogen) atoms. The highest BCUT2D eigenvalue weighted by Gasteiger charge is 2.24. The Hall–Kier alpha value is -6.37. The second-order valence-electron chi connectivity index (χ2n) is 11.6. The van der Waals surface area contributed by atoms with Crippen molar-refractivity contribution >= 4 is 57.7 Å². The molecule has 0 bridgehead atoms. The molecule has 5 aromatic carbocycles. The van der Waals surface area contributed by atoms with Gasteiger partial charge in [-0.25, -0.2) is 4.98 Å². The van der Waals surface area contributed by atoms with Crippen molar-refractivity contribution in [2.75, 3.05) is 32.0 Å². The predicted molar refractivity (Wildman–Crippen MR) is 214 cm³/mol. The fraction of sp³-hybridized carbons (Fsp3) is 0.0952. The third kappa shape index (κ3) is 9.54. The van der Waals surface area contributed by atoms with Crippen LogP contribution >= 0.6 is 23.1 Å². The number of anilines is 2. The number of nitrogens with zero attached hydrogens (tertiary/aromatic N) is 1. The Balaban J connectivity index is 1.23. The van der Waals surface area contributed by atoms with Crippen molar-refractivity contribution in [2.45, 2.75) is 10.1 Å². The second-order valence-corrected chi connectivity index (χ2v) is 13.7. The minimum atomic E-state index is -0.647. The molecule has 6 rings (SSSR count). The van der Waals surface area contributed by atoms with Gasteiger partial charge in [0, 0.05) is 32.7 Å². The van der Waals surface area contributed by atoms with Gasteiger partial charge in [-0.05, 0) is 84.4 Å². The summed E-state index contributed by atoms with van der Waals surface area (Å²) in [6.45, 7) is 0.